The highest BCUT2D eigenvalue weighted by Crippen LogP contribution is 2.59. The Balaban J connectivity index is 2.05. The first-order valence-corrected chi connectivity index (χ1v) is 3.82. The summed E-state index contributed by atoms with van der Waals surface area (Å²) in [6, 6.07) is 0. The third-order valence-electron chi connectivity index (χ3n) is 2.87. The number of rotatable bonds is 0. The molecule has 0 unspecified atom stereocenters. The molecular weight excluding hydrogens is 130 g/mol. The average Bonchev–Trinajstić information content (AvgIpc) is 2.36. The van der Waals surface area contributed by atoms with Gasteiger partial charge in [0, 0.05) is 11.8 Å². The predicted molar refractivity (Wildman–Crippen MR) is 36.3 cm³/mol. The summed E-state index contributed by atoms with van der Waals surface area (Å²) < 4.78 is 0. The molecule has 0 aromatic rings. The minimum atomic E-state index is -1.32. The molecule has 58 valence electrons. The zero-order valence-corrected chi connectivity index (χ0v) is 5.93. The highest BCUT2D eigenvalue weighted by Gasteiger charge is 2.65. The minimum absolute atomic E-state index is 0.127. The summed E-state index contributed by atoms with van der Waals surface area (Å²) in [4.78, 5) is 0. The molecule has 1 saturated heterocycles. The number of hydrogen-bond acceptors (Lipinski definition) is 3. The minimum Gasteiger partial charge on any atom is -0.365 e. The van der Waals surface area contributed by atoms with E-state index in [-0.39, 0.29) is 5.41 Å². The van der Waals surface area contributed by atoms with Gasteiger partial charge in [-0.15, -0.1) is 0 Å². The lowest BCUT2D eigenvalue weighted by atomic mass is 9.94. The smallest absolute Gasteiger partial charge is 0.169 e. The van der Waals surface area contributed by atoms with Crippen molar-refractivity contribution in [1.29, 1.82) is 0 Å². The standard InChI is InChI=1S/C7H13NO2/c9-7(10)5-6(7)1-3-8-4-2-6/h8-10H,1-5H2. The van der Waals surface area contributed by atoms with E-state index in [1.165, 1.54) is 0 Å². The fourth-order valence-electron chi connectivity index (χ4n) is 1.91. The van der Waals surface area contributed by atoms with E-state index in [9.17, 15) is 10.2 Å². The monoisotopic (exact) mass is 143 g/mol. The fraction of sp³-hybridized carbons (Fsp3) is 1.00. The number of piperidine rings is 1. The van der Waals surface area contributed by atoms with Gasteiger partial charge in [0.1, 0.15) is 0 Å². The van der Waals surface area contributed by atoms with Crippen molar-refractivity contribution in [3.05, 3.63) is 0 Å². The molecule has 0 aromatic carbocycles. The van der Waals surface area contributed by atoms with Crippen LogP contribution in [-0.4, -0.2) is 29.1 Å². The molecule has 3 heteroatoms. The SMILES string of the molecule is OC1(O)CC12CCNCC2. The van der Waals surface area contributed by atoms with Crippen LogP contribution in [0.4, 0.5) is 0 Å². The molecule has 1 aliphatic carbocycles. The van der Waals surface area contributed by atoms with Crippen molar-refractivity contribution in [1.82, 2.24) is 5.32 Å². The van der Waals surface area contributed by atoms with Crippen LogP contribution >= 0.6 is 0 Å². The Hall–Kier alpha value is -0.120. The lowest BCUT2D eigenvalue weighted by Gasteiger charge is -2.23. The van der Waals surface area contributed by atoms with Gasteiger partial charge in [-0.05, 0) is 25.9 Å². The molecule has 10 heavy (non-hydrogen) atoms. The van der Waals surface area contributed by atoms with Crippen LogP contribution < -0.4 is 5.32 Å². The van der Waals surface area contributed by atoms with Crippen molar-refractivity contribution in [2.45, 2.75) is 25.0 Å². The first kappa shape index (κ1) is 6.58. The van der Waals surface area contributed by atoms with Crippen molar-refractivity contribution in [2.24, 2.45) is 5.41 Å². The second-order valence-corrected chi connectivity index (χ2v) is 3.52. The fourth-order valence-corrected chi connectivity index (χ4v) is 1.91. The van der Waals surface area contributed by atoms with Gasteiger partial charge < -0.3 is 15.5 Å². The van der Waals surface area contributed by atoms with Crippen molar-refractivity contribution in [2.75, 3.05) is 13.1 Å². The van der Waals surface area contributed by atoms with Crippen molar-refractivity contribution < 1.29 is 10.2 Å². The Labute approximate surface area is 60.1 Å². The molecule has 2 rings (SSSR count). The molecule has 1 saturated carbocycles. The van der Waals surface area contributed by atoms with Gasteiger partial charge >= 0.3 is 0 Å². The van der Waals surface area contributed by atoms with E-state index < -0.39 is 5.79 Å². The molecule has 0 bridgehead atoms. The maximum Gasteiger partial charge on any atom is 0.169 e. The normalized spacial score (nSPS) is 34.2. The highest BCUT2D eigenvalue weighted by atomic mass is 16.5. The second-order valence-electron chi connectivity index (χ2n) is 3.52. The lowest BCUT2D eigenvalue weighted by Crippen LogP contribution is -2.33. The number of nitrogens with one attached hydrogen (secondary N) is 1. The zero-order valence-electron chi connectivity index (χ0n) is 5.93. The van der Waals surface area contributed by atoms with E-state index in [0.717, 1.165) is 25.9 Å². The van der Waals surface area contributed by atoms with Crippen LogP contribution in [-0.2, 0) is 0 Å². The van der Waals surface area contributed by atoms with Crippen LogP contribution in [0.3, 0.4) is 0 Å². The molecule has 1 aliphatic heterocycles. The molecular formula is C7H13NO2. The van der Waals surface area contributed by atoms with Gasteiger partial charge in [0.15, 0.2) is 5.79 Å². The number of aliphatic hydroxyl groups is 2. The van der Waals surface area contributed by atoms with Gasteiger partial charge in [0.25, 0.3) is 0 Å². The summed E-state index contributed by atoms with van der Waals surface area (Å²) in [5.41, 5.74) is -0.127. The molecule has 3 N–H and O–H groups in total. The van der Waals surface area contributed by atoms with Gasteiger partial charge in [-0.25, -0.2) is 0 Å². The molecule has 2 aliphatic rings. The first-order chi connectivity index (χ1) is 4.66. The molecule has 0 aromatic heterocycles. The van der Waals surface area contributed by atoms with Gasteiger partial charge in [-0.1, -0.05) is 0 Å². The molecule has 0 amide bonds. The number of hydrogen-bond donors (Lipinski definition) is 3. The van der Waals surface area contributed by atoms with Crippen LogP contribution in [0.25, 0.3) is 0 Å². The Morgan fingerprint density at radius 2 is 1.60 bits per heavy atom. The van der Waals surface area contributed by atoms with Crippen LogP contribution in [0.5, 0.6) is 0 Å². The Morgan fingerprint density at radius 1 is 1.10 bits per heavy atom. The average molecular weight is 143 g/mol. The third-order valence-corrected chi connectivity index (χ3v) is 2.87. The summed E-state index contributed by atoms with van der Waals surface area (Å²) in [5, 5.41) is 21.7. The van der Waals surface area contributed by atoms with E-state index in [4.69, 9.17) is 0 Å². The summed E-state index contributed by atoms with van der Waals surface area (Å²) in [5.74, 6) is -1.32. The van der Waals surface area contributed by atoms with Gasteiger partial charge in [-0.3, -0.25) is 0 Å². The van der Waals surface area contributed by atoms with E-state index in [1.54, 1.807) is 0 Å². The van der Waals surface area contributed by atoms with Crippen molar-refractivity contribution in [3.8, 4) is 0 Å². The quantitative estimate of drug-likeness (QED) is 0.398. The van der Waals surface area contributed by atoms with Crippen molar-refractivity contribution >= 4 is 0 Å². The Morgan fingerprint density at radius 3 is 1.90 bits per heavy atom. The van der Waals surface area contributed by atoms with Crippen molar-refractivity contribution in [3.63, 3.8) is 0 Å². The molecule has 1 spiro atoms. The maximum atomic E-state index is 9.24. The van der Waals surface area contributed by atoms with E-state index in [0.29, 0.717) is 6.42 Å². The van der Waals surface area contributed by atoms with Gasteiger partial charge in [0.05, 0.1) is 0 Å². The van der Waals surface area contributed by atoms with Crippen LogP contribution in [0.15, 0.2) is 0 Å². The Bertz CT molecular complexity index is 150. The second kappa shape index (κ2) is 1.72. The zero-order chi connectivity index (χ0) is 7.24. The molecule has 2 fully saturated rings. The predicted octanol–water partition coefficient (Wildman–Crippen LogP) is -0.559. The summed E-state index contributed by atoms with van der Waals surface area (Å²) >= 11 is 0. The van der Waals surface area contributed by atoms with Gasteiger partial charge in [0.2, 0.25) is 0 Å². The van der Waals surface area contributed by atoms with Crippen LogP contribution in [0.1, 0.15) is 19.3 Å². The molecule has 0 atom stereocenters. The summed E-state index contributed by atoms with van der Waals surface area (Å²) in [7, 11) is 0. The highest BCUT2D eigenvalue weighted by molar-refractivity contribution is 5.10. The summed E-state index contributed by atoms with van der Waals surface area (Å²) in [6.07, 6.45) is 2.42. The summed E-state index contributed by atoms with van der Waals surface area (Å²) in [6.45, 7) is 1.87. The third kappa shape index (κ3) is 0.713. The van der Waals surface area contributed by atoms with Crippen LogP contribution in [0.2, 0.25) is 0 Å². The Kier molecular flexibility index (Phi) is 1.14. The molecule has 1 heterocycles. The van der Waals surface area contributed by atoms with E-state index in [1.807, 2.05) is 0 Å². The maximum absolute atomic E-state index is 9.24. The lowest BCUT2D eigenvalue weighted by molar-refractivity contribution is -0.108. The van der Waals surface area contributed by atoms with E-state index >= 15 is 0 Å². The molecule has 0 radical (unpaired) electrons. The van der Waals surface area contributed by atoms with E-state index in [2.05, 4.69) is 5.32 Å². The first-order valence-electron chi connectivity index (χ1n) is 3.82. The molecule has 3 nitrogen and oxygen atoms in total. The topological polar surface area (TPSA) is 52.5 Å². The van der Waals surface area contributed by atoms with Gasteiger partial charge in [-0.2, -0.15) is 0 Å². The van der Waals surface area contributed by atoms with Crippen LogP contribution in [0, 0.1) is 5.41 Å². The largest absolute Gasteiger partial charge is 0.365 e.